The predicted molar refractivity (Wildman–Crippen MR) is 108 cm³/mol. The summed E-state index contributed by atoms with van der Waals surface area (Å²) in [6.07, 6.45) is 0. The molecule has 0 aliphatic rings. The third-order valence-electron chi connectivity index (χ3n) is 4.46. The minimum atomic E-state index is -0.544. The number of carbonyl (C=O) groups is 2. The Kier molecular flexibility index (Phi) is 4.49. The molecule has 5 heteroatoms. The SMILES string of the molecule is CC(=O)NC(=O)c1cc2c(ccc3ccccc32)oc1=Nc1ccc(C)cc1. The Morgan fingerprint density at radius 3 is 2.43 bits per heavy atom. The van der Waals surface area contributed by atoms with Crippen molar-refractivity contribution in [2.45, 2.75) is 13.8 Å². The Morgan fingerprint density at radius 1 is 0.929 bits per heavy atom. The number of hydrogen-bond acceptors (Lipinski definition) is 4. The summed E-state index contributed by atoms with van der Waals surface area (Å²) >= 11 is 0. The molecule has 0 saturated carbocycles. The molecule has 5 nitrogen and oxygen atoms in total. The maximum atomic E-state index is 12.6. The number of hydrogen-bond donors (Lipinski definition) is 1. The van der Waals surface area contributed by atoms with Gasteiger partial charge in [0.2, 0.25) is 11.5 Å². The quantitative estimate of drug-likeness (QED) is 0.532. The second-order valence-electron chi connectivity index (χ2n) is 6.62. The third kappa shape index (κ3) is 3.42. The molecule has 4 aromatic rings. The van der Waals surface area contributed by atoms with Crippen LogP contribution in [0.5, 0.6) is 0 Å². The van der Waals surface area contributed by atoms with Gasteiger partial charge in [0, 0.05) is 12.3 Å². The van der Waals surface area contributed by atoms with Crippen molar-refractivity contribution in [3.8, 4) is 0 Å². The fourth-order valence-corrected chi connectivity index (χ4v) is 3.09. The zero-order valence-corrected chi connectivity index (χ0v) is 15.5. The van der Waals surface area contributed by atoms with Crippen LogP contribution >= 0.6 is 0 Å². The van der Waals surface area contributed by atoms with Crippen molar-refractivity contribution in [1.82, 2.24) is 5.32 Å². The molecule has 0 aliphatic carbocycles. The summed E-state index contributed by atoms with van der Waals surface area (Å²) in [5, 5.41) is 5.09. The second kappa shape index (κ2) is 7.12. The smallest absolute Gasteiger partial charge is 0.263 e. The van der Waals surface area contributed by atoms with E-state index in [1.165, 1.54) is 6.92 Å². The highest BCUT2D eigenvalue weighted by Gasteiger charge is 2.15. The first-order valence-electron chi connectivity index (χ1n) is 8.90. The maximum absolute atomic E-state index is 12.6. The molecule has 1 N–H and O–H groups in total. The van der Waals surface area contributed by atoms with Gasteiger partial charge in [-0.15, -0.1) is 0 Å². The molecule has 3 aromatic carbocycles. The predicted octanol–water partition coefficient (Wildman–Crippen LogP) is 4.40. The average molecular weight is 370 g/mol. The van der Waals surface area contributed by atoms with Crippen LogP contribution in [0.25, 0.3) is 21.7 Å². The van der Waals surface area contributed by atoms with Crippen LogP contribution in [0.3, 0.4) is 0 Å². The van der Waals surface area contributed by atoms with E-state index in [1.807, 2.05) is 67.6 Å². The second-order valence-corrected chi connectivity index (χ2v) is 6.62. The molecule has 0 aliphatic heterocycles. The van der Waals surface area contributed by atoms with E-state index in [2.05, 4.69) is 10.3 Å². The van der Waals surface area contributed by atoms with Gasteiger partial charge in [-0.05, 0) is 42.0 Å². The van der Waals surface area contributed by atoms with Crippen LogP contribution < -0.4 is 10.9 Å². The van der Waals surface area contributed by atoms with Crippen molar-refractivity contribution in [2.75, 3.05) is 0 Å². The molecular weight excluding hydrogens is 352 g/mol. The van der Waals surface area contributed by atoms with Gasteiger partial charge >= 0.3 is 0 Å². The lowest BCUT2D eigenvalue weighted by Crippen LogP contribution is -2.32. The molecule has 0 fully saturated rings. The van der Waals surface area contributed by atoms with Crippen LogP contribution in [0.15, 0.2) is 76.1 Å². The lowest BCUT2D eigenvalue weighted by molar-refractivity contribution is -0.118. The van der Waals surface area contributed by atoms with Crippen molar-refractivity contribution >= 4 is 39.2 Å². The highest BCUT2D eigenvalue weighted by atomic mass is 16.3. The molecule has 0 bridgehead atoms. The molecule has 0 radical (unpaired) electrons. The first-order chi connectivity index (χ1) is 13.5. The Morgan fingerprint density at radius 2 is 1.68 bits per heavy atom. The highest BCUT2D eigenvalue weighted by Crippen LogP contribution is 2.25. The number of amides is 2. The normalized spacial score (nSPS) is 11.7. The van der Waals surface area contributed by atoms with Gasteiger partial charge in [-0.3, -0.25) is 14.9 Å². The van der Waals surface area contributed by atoms with E-state index in [0.717, 1.165) is 21.7 Å². The molecule has 2 amide bonds. The van der Waals surface area contributed by atoms with Gasteiger partial charge in [0.1, 0.15) is 11.1 Å². The molecule has 4 rings (SSSR count). The molecule has 0 atom stereocenters. The third-order valence-corrected chi connectivity index (χ3v) is 4.46. The summed E-state index contributed by atoms with van der Waals surface area (Å²) in [7, 11) is 0. The number of rotatable bonds is 2. The van der Waals surface area contributed by atoms with Crippen LogP contribution in [0.4, 0.5) is 5.69 Å². The van der Waals surface area contributed by atoms with E-state index in [9.17, 15) is 9.59 Å². The summed E-state index contributed by atoms with van der Waals surface area (Å²) in [5.74, 6) is -0.985. The van der Waals surface area contributed by atoms with E-state index in [-0.39, 0.29) is 11.1 Å². The molecular formula is C23H18N2O3. The molecule has 0 spiro atoms. The number of nitrogens with zero attached hydrogens (tertiary/aromatic N) is 1. The monoisotopic (exact) mass is 370 g/mol. The molecule has 0 unspecified atom stereocenters. The van der Waals surface area contributed by atoms with E-state index in [1.54, 1.807) is 6.07 Å². The van der Waals surface area contributed by atoms with Crippen LogP contribution in [0.1, 0.15) is 22.8 Å². The Bertz CT molecular complexity index is 1280. The Hall–Kier alpha value is -3.73. The van der Waals surface area contributed by atoms with Crippen molar-refractivity contribution in [3.63, 3.8) is 0 Å². The van der Waals surface area contributed by atoms with E-state index < -0.39 is 11.8 Å². The Labute approximate surface area is 161 Å². The zero-order valence-electron chi connectivity index (χ0n) is 15.5. The van der Waals surface area contributed by atoms with E-state index in [4.69, 9.17) is 4.42 Å². The summed E-state index contributed by atoms with van der Waals surface area (Å²) in [6, 6.07) is 21.0. The molecule has 28 heavy (non-hydrogen) atoms. The zero-order chi connectivity index (χ0) is 19.7. The van der Waals surface area contributed by atoms with E-state index >= 15 is 0 Å². The van der Waals surface area contributed by atoms with Gasteiger partial charge in [0.25, 0.3) is 5.91 Å². The Balaban J connectivity index is 2.01. The fourth-order valence-electron chi connectivity index (χ4n) is 3.09. The van der Waals surface area contributed by atoms with Gasteiger partial charge in [-0.2, -0.15) is 0 Å². The fraction of sp³-hybridized carbons (Fsp3) is 0.0870. The van der Waals surface area contributed by atoms with E-state index in [0.29, 0.717) is 11.3 Å². The minimum absolute atomic E-state index is 0.158. The average Bonchev–Trinajstić information content (AvgIpc) is 2.68. The number of nitrogens with one attached hydrogen (secondary N) is 1. The molecule has 0 saturated heterocycles. The minimum Gasteiger partial charge on any atom is -0.438 e. The topological polar surface area (TPSA) is 71.7 Å². The van der Waals surface area contributed by atoms with Crippen molar-refractivity contribution in [2.24, 2.45) is 4.99 Å². The lowest BCUT2D eigenvalue weighted by Gasteiger charge is -2.07. The highest BCUT2D eigenvalue weighted by molar-refractivity contribution is 6.09. The van der Waals surface area contributed by atoms with Crippen molar-refractivity contribution in [1.29, 1.82) is 0 Å². The number of benzene rings is 3. The number of fused-ring (bicyclic) bond motifs is 3. The molecule has 138 valence electrons. The number of carbonyl (C=O) groups excluding carboxylic acids is 2. The van der Waals surface area contributed by atoms with Gasteiger partial charge in [0.15, 0.2) is 0 Å². The van der Waals surface area contributed by atoms with Crippen molar-refractivity contribution in [3.05, 3.63) is 83.4 Å². The largest absolute Gasteiger partial charge is 0.438 e. The summed E-state index contributed by atoms with van der Waals surface area (Å²) in [6.45, 7) is 3.28. The summed E-state index contributed by atoms with van der Waals surface area (Å²) in [5.41, 5.74) is 2.75. The van der Waals surface area contributed by atoms with Crippen LogP contribution in [-0.4, -0.2) is 11.8 Å². The van der Waals surface area contributed by atoms with Crippen LogP contribution in [0.2, 0.25) is 0 Å². The molecule has 1 heterocycles. The number of imide groups is 1. The number of aryl methyl sites for hydroxylation is 1. The summed E-state index contributed by atoms with van der Waals surface area (Å²) in [4.78, 5) is 28.6. The van der Waals surface area contributed by atoms with Gasteiger partial charge in [-0.25, -0.2) is 4.99 Å². The standard InChI is InChI=1S/C23H18N2O3/c1-14-7-10-17(11-8-14)25-23-20(22(27)24-15(2)26)13-19-18-6-4-3-5-16(18)9-12-21(19)28-23/h3-13H,1-2H3,(H,24,26,27). The van der Waals surface area contributed by atoms with Gasteiger partial charge in [0.05, 0.1) is 5.69 Å². The lowest BCUT2D eigenvalue weighted by atomic mass is 10.0. The first-order valence-corrected chi connectivity index (χ1v) is 8.90. The van der Waals surface area contributed by atoms with Crippen LogP contribution in [0, 0.1) is 6.92 Å². The molecule has 1 aromatic heterocycles. The first kappa shape index (κ1) is 17.7. The van der Waals surface area contributed by atoms with Crippen LogP contribution in [-0.2, 0) is 4.79 Å². The van der Waals surface area contributed by atoms with Gasteiger partial charge < -0.3 is 4.42 Å². The van der Waals surface area contributed by atoms with Gasteiger partial charge in [-0.1, -0.05) is 48.0 Å². The maximum Gasteiger partial charge on any atom is 0.263 e. The summed E-state index contributed by atoms with van der Waals surface area (Å²) < 4.78 is 6.00. The van der Waals surface area contributed by atoms with Crippen molar-refractivity contribution < 1.29 is 14.0 Å².